The van der Waals surface area contributed by atoms with Crippen molar-refractivity contribution < 1.29 is 0 Å². The van der Waals surface area contributed by atoms with Crippen molar-refractivity contribution in [3.8, 4) is 0 Å². The van der Waals surface area contributed by atoms with Crippen molar-refractivity contribution in [3.63, 3.8) is 0 Å². The normalized spacial score (nSPS) is 19.5. The molecule has 0 bridgehead atoms. The average molecular weight is 197 g/mol. The molecule has 0 saturated heterocycles. The molecular formula is C9H15N3S. The fraction of sp³-hybridized carbons (Fsp3) is 0.778. The van der Waals surface area contributed by atoms with Gasteiger partial charge in [-0.3, -0.25) is 0 Å². The number of aromatic nitrogens is 2. The monoisotopic (exact) mass is 197 g/mol. The summed E-state index contributed by atoms with van der Waals surface area (Å²) < 4.78 is 0. The lowest BCUT2D eigenvalue weighted by Crippen LogP contribution is -2.44. The van der Waals surface area contributed by atoms with E-state index in [0.29, 0.717) is 5.54 Å². The summed E-state index contributed by atoms with van der Waals surface area (Å²) in [4.78, 5) is 0. The van der Waals surface area contributed by atoms with Crippen molar-refractivity contribution in [2.24, 2.45) is 0 Å². The second kappa shape index (κ2) is 3.25. The Morgan fingerprint density at radius 2 is 2.23 bits per heavy atom. The third-order valence-corrected chi connectivity index (χ3v) is 3.64. The van der Waals surface area contributed by atoms with Crippen LogP contribution in [0.15, 0.2) is 0 Å². The van der Waals surface area contributed by atoms with Crippen LogP contribution in [0.25, 0.3) is 0 Å². The smallest absolute Gasteiger partial charge is 0.206 e. The van der Waals surface area contributed by atoms with E-state index in [0.717, 1.165) is 10.1 Å². The standard InChI is InChI=1S/C9H15N3S/c1-3-9(5-4-6-9)10-8-12-11-7(2)13-8/h3-6H2,1-2H3,(H,10,12). The molecular weight excluding hydrogens is 182 g/mol. The Balaban J connectivity index is 2.04. The molecule has 1 N–H and O–H groups in total. The van der Waals surface area contributed by atoms with Gasteiger partial charge in [0.05, 0.1) is 0 Å². The van der Waals surface area contributed by atoms with E-state index in [1.165, 1.54) is 25.7 Å². The molecule has 1 aromatic rings. The average Bonchev–Trinajstić information content (AvgIpc) is 2.44. The molecule has 3 nitrogen and oxygen atoms in total. The van der Waals surface area contributed by atoms with Crippen molar-refractivity contribution in [2.45, 2.75) is 45.1 Å². The van der Waals surface area contributed by atoms with Gasteiger partial charge in [0, 0.05) is 5.54 Å². The molecule has 0 spiro atoms. The number of hydrogen-bond donors (Lipinski definition) is 1. The van der Waals surface area contributed by atoms with Gasteiger partial charge in [-0.15, -0.1) is 10.2 Å². The van der Waals surface area contributed by atoms with E-state index in [-0.39, 0.29) is 0 Å². The number of rotatable bonds is 3. The van der Waals surface area contributed by atoms with Crippen LogP contribution in [0.2, 0.25) is 0 Å². The SMILES string of the molecule is CCC1(Nc2nnc(C)s2)CCC1. The summed E-state index contributed by atoms with van der Waals surface area (Å²) >= 11 is 1.65. The van der Waals surface area contributed by atoms with Crippen molar-refractivity contribution in [1.29, 1.82) is 0 Å². The summed E-state index contributed by atoms with van der Waals surface area (Å²) in [5.41, 5.74) is 0.339. The summed E-state index contributed by atoms with van der Waals surface area (Å²) in [6, 6.07) is 0. The van der Waals surface area contributed by atoms with Crippen molar-refractivity contribution in [1.82, 2.24) is 10.2 Å². The zero-order valence-electron chi connectivity index (χ0n) is 8.13. The molecule has 1 aromatic heterocycles. The maximum Gasteiger partial charge on any atom is 0.206 e. The minimum absolute atomic E-state index is 0.339. The molecule has 2 rings (SSSR count). The van der Waals surface area contributed by atoms with Gasteiger partial charge in [0.25, 0.3) is 0 Å². The molecule has 0 amide bonds. The molecule has 0 aromatic carbocycles. The Labute approximate surface area is 82.6 Å². The molecule has 4 heteroatoms. The van der Waals surface area contributed by atoms with E-state index in [9.17, 15) is 0 Å². The molecule has 1 fully saturated rings. The van der Waals surface area contributed by atoms with Crippen LogP contribution in [0.4, 0.5) is 5.13 Å². The number of nitrogens with one attached hydrogen (secondary N) is 1. The number of nitrogens with zero attached hydrogens (tertiary/aromatic N) is 2. The summed E-state index contributed by atoms with van der Waals surface area (Å²) in [7, 11) is 0. The molecule has 1 saturated carbocycles. The minimum atomic E-state index is 0.339. The second-order valence-corrected chi connectivity index (χ2v) is 4.92. The van der Waals surface area contributed by atoms with E-state index in [1.54, 1.807) is 11.3 Å². The van der Waals surface area contributed by atoms with Gasteiger partial charge in [0.2, 0.25) is 5.13 Å². The zero-order chi connectivity index (χ0) is 9.31. The maximum atomic E-state index is 4.09. The predicted octanol–water partition coefficient (Wildman–Crippen LogP) is 2.59. The van der Waals surface area contributed by atoms with E-state index in [1.807, 2.05) is 6.92 Å². The quantitative estimate of drug-likeness (QED) is 0.809. The Bertz CT molecular complexity index is 285. The zero-order valence-corrected chi connectivity index (χ0v) is 8.95. The van der Waals surface area contributed by atoms with Crippen molar-refractivity contribution in [3.05, 3.63) is 5.01 Å². The minimum Gasteiger partial charge on any atom is -0.355 e. The second-order valence-electron chi connectivity index (χ2n) is 3.74. The van der Waals surface area contributed by atoms with Crippen LogP contribution < -0.4 is 5.32 Å². The van der Waals surface area contributed by atoms with Crippen LogP contribution in [0, 0.1) is 6.92 Å². The summed E-state index contributed by atoms with van der Waals surface area (Å²) in [5.74, 6) is 0. The third kappa shape index (κ3) is 1.68. The van der Waals surface area contributed by atoms with Crippen molar-refractivity contribution in [2.75, 3.05) is 5.32 Å². The topological polar surface area (TPSA) is 37.8 Å². The van der Waals surface area contributed by atoms with Crippen molar-refractivity contribution >= 4 is 16.5 Å². The van der Waals surface area contributed by atoms with Gasteiger partial charge in [-0.2, -0.15) is 0 Å². The highest BCUT2D eigenvalue weighted by Crippen LogP contribution is 2.38. The molecule has 1 heterocycles. The first-order valence-corrected chi connectivity index (χ1v) is 5.64. The highest BCUT2D eigenvalue weighted by molar-refractivity contribution is 7.15. The van der Waals surface area contributed by atoms with Crippen LogP contribution in [-0.2, 0) is 0 Å². The van der Waals surface area contributed by atoms with Gasteiger partial charge < -0.3 is 5.32 Å². The Hall–Kier alpha value is -0.640. The molecule has 72 valence electrons. The highest BCUT2D eigenvalue weighted by atomic mass is 32.1. The molecule has 1 aliphatic rings. The van der Waals surface area contributed by atoms with E-state index in [2.05, 4.69) is 22.4 Å². The van der Waals surface area contributed by atoms with Crippen LogP contribution in [0.5, 0.6) is 0 Å². The Morgan fingerprint density at radius 1 is 1.46 bits per heavy atom. The van der Waals surface area contributed by atoms with Gasteiger partial charge in [-0.05, 0) is 32.6 Å². The van der Waals surface area contributed by atoms with Gasteiger partial charge in [0.1, 0.15) is 5.01 Å². The fourth-order valence-electron chi connectivity index (χ4n) is 1.74. The van der Waals surface area contributed by atoms with Gasteiger partial charge in [-0.25, -0.2) is 0 Å². The molecule has 0 unspecified atom stereocenters. The molecule has 13 heavy (non-hydrogen) atoms. The largest absolute Gasteiger partial charge is 0.355 e. The van der Waals surface area contributed by atoms with Crippen LogP contribution in [0.1, 0.15) is 37.6 Å². The molecule has 1 aliphatic carbocycles. The van der Waals surface area contributed by atoms with Gasteiger partial charge in [0.15, 0.2) is 0 Å². The first kappa shape index (κ1) is 8.94. The lowest BCUT2D eigenvalue weighted by Gasteiger charge is -2.41. The Morgan fingerprint density at radius 3 is 2.62 bits per heavy atom. The van der Waals surface area contributed by atoms with Gasteiger partial charge >= 0.3 is 0 Å². The first-order valence-electron chi connectivity index (χ1n) is 4.82. The van der Waals surface area contributed by atoms with E-state index < -0.39 is 0 Å². The number of anilines is 1. The van der Waals surface area contributed by atoms with Gasteiger partial charge in [-0.1, -0.05) is 18.3 Å². The molecule has 0 radical (unpaired) electrons. The lowest BCUT2D eigenvalue weighted by atomic mass is 9.75. The van der Waals surface area contributed by atoms with Crippen LogP contribution in [-0.4, -0.2) is 15.7 Å². The lowest BCUT2D eigenvalue weighted by molar-refractivity contribution is 0.269. The highest BCUT2D eigenvalue weighted by Gasteiger charge is 2.35. The van der Waals surface area contributed by atoms with E-state index in [4.69, 9.17) is 0 Å². The number of aryl methyl sites for hydroxylation is 1. The third-order valence-electron chi connectivity index (χ3n) is 2.89. The van der Waals surface area contributed by atoms with Crippen LogP contribution >= 0.6 is 11.3 Å². The summed E-state index contributed by atoms with van der Waals surface area (Å²) in [6.07, 6.45) is 5.09. The summed E-state index contributed by atoms with van der Waals surface area (Å²) in [6.45, 7) is 4.22. The summed E-state index contributed by atoms with van der Waals surface area (Å²) in [5, 5.41) is 13.6. The number of hydrogen-bond acceptors (Lipinski definition) is 4. The molecule has 0 atom stereocenters. The Kier molecular flexibility index (Phi) is 2.24. The first-order chi connectivity index (χ1) is 6.24. The maximum absolute atomic E-state index is 4.09. The predicted molar refractivity (Wildman–Crippen MR) is 55.1 cm³/mol. The molecule has 0 aliphatic heterocycles. The van der Waals surface area contributed by atoms with E-state index >= 15 is 0 Å². The van der Waals surface area contributed by atoms with Crippen LogP contribution in [0.3, 0.4) is 0 Å². The fourth-order valence-corrected chi connectivity index (χ4v) is 2.46.